The third-order valence-electron chi connectivity index (χ3n) is 2.12. The van der Waals surface area contributed by atoms with Gasteiger partial charge in [-0.25, -0.2) is 0 Å². The van der Waals surface area contributed by atoms with Crippen LogP contribution in [0, 0.1) is 0 Å². The fraction of sp³-hybridized carbons (Fsp3) is 0. The number of hydrogen-bond acceptors (Lipinski definition) is 0. The summed E-state index contributed by atoms with van der Waals surface area (Å²) in [7, 11) is 0. The van der Waals surface area contributed by atoms with Crippen molar-refractivity contribution in [2.24, 2.45) is 0 Å². The molecule has 1 heteroatoms. The molecule has 0 N–H and O–H groups in total. The van der Waals surface area contributed by atoms with Gasteiger partial charge < -0.3 is 0 Å². The number of rotatable bonds is 2. The molecule has 66 valence electrons. The maximum absolute atomic E-state index is 2.16. The predicted octanol–water partition coefficient (Wildman–Crippen LogP) is 2.42. The van der Waals surface area contributed by atoms with Crippen molar-refractivity contribution >= 4 is 25.6 Å². The maximum atomic E-state index is 2.16. The molecule has 0 atom stereocenters. The van der Waals surface area contributed by atoms with Crippen LogP contribution < -0.4 is 0 Å². The zero-order valence-corrected chi connectivity index (χ0v) is 10.6. The van der Waals surface area contributed by atoms with Crippen molar-refractivity contribution in [3.05, 3.63) is 71.8 Å². The molecule has 0 aliphatic carbocycles. The van der Waals surface area contributed by atoms with E-state index in [9.17, 15) is 0 Å². The SMILES string of the molecule is [Sn]=[C](c1ccccc1)c1ccccc1. The van der Waals surface area contributed by atoms with Crippen LogP contribution in [-0.2, 0) is 0 Å². The van der Waals surface area contributed by atoms with Crippen LogP contribution in [0.1, 0.15) is 11.1 Å². The third-order valence-corrected chi connectivity index (χ3v) is 3.77. The quantitative estimate of drug-likeness (QED) is 0.743. The molecule has 0 spiro atoms. The minimum atomic E-state index is 1.33. The van der Waals surface area contributed by atoms with Gasteiger partial charge >= 0.3 is 97.4 Å². The predicted molar refractivity (Wildman–Crippen MR) is 61.8 cm³/mol. The average molecular weight is 285 g/mol. The van der Waals surface area contributed by atoms with E-state index in [1.807, 2.05) is 0 Å². The van der Waals surface area contributed by atoms with Gasteiger partial charge in [-0.1, -0.05) is 0 Å². The van der Waals surface area contributed by atoms with Crippen molar-refractivity contribution < 1.29 is 0 Å². The van der Waals surface area contributed by atoms with Gasteiger partial charge in [0.05, 0.1) is 0 Å². The molecule has 0 aliphatic heterocycles. The van der Waals surface area contributed by atoms with E-state index in [4.69, 9.17) is 0 Å². The molecule has 2 rings (SSSR count). The molecule has 0 fully saturated rings. The summed E-state index contributed by atoms with van der Waals surface area (Å²) in [5.74, 6) is 0. The van der Waals surface area contributed by atoms with E-state index in [-0.39, 0.29) is 0 Å². The first-order chi connectivity index (χ1) is 6.88. The van der Waals surface area contributed by atoms with Crippen molar-refractivity contribution in [2.75, 3.05) is 0 Å². The second kappa shape index (κ2) is 4.56. The van der Waals surface area contributed by atoms with Crippen LogP contribution >= 0.6 is 0 Å². The van der Waals surface area contributed by atoms with Crippen molar-refractivity contribution in [1.82, 2.24) is 0 Å². The summed E-state index contributed by atoms with van der Waals surface area (Å²) in [5, 5.41) is 0. The first kappa shape index (κ1) is 9.66. The fourth-order valence-corrected chi connectivity index (χ4v) is 2.33. The van der Waals surface area contributed by atoms with Crippen molar-refractivity contribution in [2.45, 2.75) is 0 Å². The summed E-state index contributed by atoms with van der Waals surface area (Å²) in [5.41, 5.74) is 2.66. The van der Waals surface area contributed by atoms with E-state index in [2.05, 4.69) is 60.7 Å². The molecule has 0 nitrogen and oxygen atoms in total. The Hall–Kier alpha value is -0.891. The molecule has 0 aromatic heterocycles. The first-order valence-corrected chi connectivity index (χ1v) is 6.00. The Morgan fingerprint density at radius 1 is 0.643 bits per heavy atom. The molecule has 0 bridgehead atoms. The molecule has 0 amide bonds. The summed E-state index contributed by atoms with van der Waals surface area (Å²) in [6.07, 6.45) is 0. The van der Waals surface area contributed by atoms with Crippen molar-refractivity contribution in [3.8, 4) is 0 Å². The van der Waals surface area contributed by atoms with E-state index >= 15 is 0 Å². The first-order valence-electron chi connectivity index (χ1n) is 4.57. The van der Waals surface area contributed by atoms with Crippen LogP contribution in [0.15, 0.2) is 60.7 Å². The molecule has 2 aromatic rings. The van der Waals surface area contributed by atoms with Crippen LogP contribution in [0.25, 0.3) is 0 Å². The monoisotopic (exact) mass is 286 g/mol. The summed E-state index contributed by atoms with van der Waals surface area (Å²) >= 11 is 1.46. The van der Waals surface area contributed by atoms with Crippen LogP contribution in [0.5, 0.6) is 0 Å². The van der Waals surface area contributed by atoms with Gasteiger partial charge in [0.1, 0.15) is 0 Å². The Morgan fingerprint density at radius 3 is 1.36 bits per heavy atom. The van der Waals surface area contributed by atoms with E-state index < -0.39 is 0 Å². The zero-order chi connectivity index (χ0) is 9.80. The van der Waals surface area contributed by atoms with Gasteiger partial charge in [0.2, 0.25) is 0 Å². The molecule has 2 radical (unpaired) electrons. The van der Waals surface area contributed by atoms with Crippen LogP contribution in [0.3, 0.4) is 0 Å². The van der Waals surface area contributed by atoms with Crippen LogP contribution in [0.2, 0.25) is 0 Å². The van der Waals surface area contributed by atoms with Gasteiger partial charge in [0.25, 0.3) is 0 Å². The summed E-state index contributed by atoms with van der Waals surface area (Å²) in [4.78, 5) is 0. The number of benzene rings is 2. The van der Waals surface area contributed by atoms with Gasteiger partial charge in [-0.2, -0.15) is 0 Å². The van der Waals surface area contributed by atoms with Crippen LogP contribution in [0.4, 0.5) is 0 Å². The van der Waals surface area contributed by atoms with E-state index in [0.717, 1.165) is 0 Å². The topological polar surface area (TPSA) is 0 Å². The molecule has 2 aromatic carbocycles. The second-order valence-electron chi connectivity index (χ2n) is 3.11. The normalized spacial score (nSPS) is 9.71. The van der Waals surface area contributed by atoms with Gasteiger partial charge in [0.15, 0.2) is 0 Å². The molecular formula is C13H10Sn. The van der Waals surface area contributed by atoms with E-state index in [1.54, 1.807) is 0 Å². The molecular weight excluding hydrogens is 275 g/mol. The van der Waals surface area contributed by atoms with Gasteiger partial charge in [0, 0.05) is 0 Å². The number of hydrogen-bond donors (Lipinski definition) is 0. The van der Waals surface area contributed by atoms with Crippen LogP contribution in [-0.4, -0.2) is 25.6 Å². The Balaban J connectivity index is 2.35. The summed E-state index contributed by atoms with van der Waals surface area (Å²) in [6.45, 7) is 0. The van der Waals surface area contributed by atoms with E-state index in [0.29, 0.717) is 0 Å². The third kappa shape index (κ3) is 2.13. The van der Waals surface area contributed by atoms with Crippen molar-refractivity contribution in [3.63, 3.8) is 0 Å². The molecule has 0 saturated heterocycles. The van der Waals surface area contributed by atoms with Gasteiger partial charge in [-0.15, -0.1) is 0 Å². The average Bonchev–Trinajstić information content (AvgIpc) is 2.30. The minimum absolute atomic E-state index is 1.33. The molecule has 0 heterocycles. The molecule has 0 aliphatic rings. The molecule has 0 unspecified atom stereocenters. The van der Waals surface area contributed by atoms with E-state index in [1.165, 1.54) is 36.7 Å². The summed E-state index contributed by atoms with van der Waals surface area (Å²) in [6, 6.07) is 21.1. The Kier molecular flexibility index (Phi) is 3.14. The molecule has 0 saturated carbocycles. The fourth-order valence-electron chi connectivity index (χ4n) is 1.38. The Bertz CT molecular complexity index is 376. The van der Waals surface area contributed by atoms with Gasteiger partial charge in [-0.05, 0) is 0 Å². The standard InChI is InChI=1S/C13H10.Sn/c1-3-7-12(8-4-1)11-13-9-5-2-6-10-13;/h1-10H;. The summed E-state index contributed by atoms with van der Waals surface area (Å²) < 4.78 is 1.42. The van der Waals surface area contributed by atoms with Crippen molar-refractivity contribution in [1.29, 1.82) is 0 Å². The Morgan fingerprint density at radius 2 is 1.00 bits per heavy atom. The Labute approximate surface area is 97.2 Å². The zero-order valence-electron chi connectivity index (χ0n) is 7.77. The van der Waals surface area contributed by atoms with Gasteiger partial charge in [-0.3, -0.25) is 0 Å². The second-order valence-corrected chi connectivity index (χ2v) is 4.53. The molecule has 14 heavy (non-hydrogen) atoms.